The number of rotatable bonds is 7. The van der Waals surface area contributed by atoms with Crippen molar-refractivity contribution in [3.63, 3.8) is 0 Å². The Balaban J connectivity index is 1.64. The highest BCUT2D eigenvalue weighted by atomic mass is 35.5. The Morgan fingerprint density at radius 1 is 0.931 bits per heavy atom. The Hall–Kier alpha value is -3.31. The van der Waals surface area contributed by atoms with E-state index in [2.05, 4.69) is 10.6 Å². The number of carbonyl (C=O) groups excluding carboxylic acids is 2. The Kier molecular flexibility index (Phi) is 6.87. The minimum Gasteiger partial charge on any atom is -0.482 e. The maximum absolute atomic E-state index is 12.7. The first-order valence-corrected chi connectivity index (χ1v) is 9.54. The van der Waals surface area contributed by atoms with Gasteiger partial charge >= 0.3 is 0 Å². The number of benzene rings is 3. The van der Waals surface area contributed by atoms with E-state index in [1.165, 1.54) is 0 Å². The number of amides is 2. The molecular weight excluding hydrogens is 388 g/mol. The van der Waals surface area contributed by atoms with Gasteiger partial charge in [-0.3, -0.25) is 9.59 Å². The van der Waals surface area contributed by atoms with Crippen LogP contribution in [0.1, 0.15) is 28.9 Å². The highest BCUT2D eigenvalue weighted by Crippen LogP contribution is 2.23. The molecule has 1 unspecified atom stereocenters. The molecular formula is C23H21ClN2O3. The predicted octanol–water partition coefficient (Wildman–Crippen LogP) is 4.85. The molecule has 0 saturated heterocycles. The molecule has 0 aliphatic rings. The quantitative estimate of drug-likeness (QED) is 0.587. The van der Waals surface area contributed by atoms with Crippen LogP contribution in [-0.2, 0) is 4.79 Å². The normalized spacial score (nSPS) is 11.4. The number of nitrogens with one attached hydrogen (secondary N) is 2. The number of anilines is 1. The lowest BCUT2D eigenvalue weighted by Crippen LogP contribution is -2.28. The molecule has 0 aliphatic carbocycles. The molecule has 5 nitrogen and oxygen atoms in total. The second-order valence-corrected chi connectivity index (χ2v) is 6.83. The predicted molar refractivity (Wildman–Crippen MR) is 114 cm³/mol. The molecule has 0 aromatic heterocycles. The Morgan fingerprint density at radius 3 is 2.34 bits per heavy atom. The van der Waals surface area contributed by atoms with Gasteiger partial charge in [0.15, 0.2) is 6.61 Å². The molecule has 0 heterocycles. The second-order valence-electron chi connectivity index (χ2n) is 6.42. The van der Waals surface area contributed by atoms with Crippen molar-refractivity contribution in [1.29, 1.82) is 0 Å². The number of para-hydroxylation sites is 2. The van der Waals surface area contributed by atoms with Gasteiger partial charge in [-0.25, -0.2) is 0 Å². The van der Waals surface area contributed by atoms with Crippen molar-refractivity contribution in [3.8, 4) is 5.75 Å². The Morgan fingerprint density at radius 2 is 1.59 bits per heavy atom. The zero-order chi connectivity index (χ0) is 20.6. The third-order valence-electron chi connectivity index (χ3n) is 4.29. The largest absolute Gasteiger partial charge is 0.482 e. The van der Waals surface area contributed by atoms with Crippen molar-refractivity contribution in [1.82, 2.24) is 5.32 Å². The summed E-state index contributed by atoms with van der Waals surface area (Å²) in [5, 5.41) is 6.10. The molecule has 0 saturated carbocycles. The van der Waals surface area contributed by atoms with E-state index in [9.17, 15) is 9.59 Å². The summed E-state index contributed by atoms with van der Waals surface area (Å²) in [6.07, 6.45) is 0. The summed E-state index contributed by atoms with van der Waals surface area (Å²) >= 11 is 6.02. The van der Waals surface area contributed by atoms with E-state index in [0.717, 1.165) is 5.56 Å². The van der Waals surface area contributed by atoms with Crippen LogP contribution in [0.3, 0.4) is 0 Å². The summed E-state index contributed by atoms with van der Waals surface area (Å²) < 4.78 is 5.45. The van der Waals surface area contributed by atoms with E-state index in [-0.39, 0.29) is 24.5 Å². The average molecular weight is 409 g/mol. The third kappa shape index (κ3) is 5.59. The van der Waals surface area contributed by atoms with Gasteiger partial charge in [0.05, 0.1) is 22.3 Å². The lowest BCUT2D eigenvalue weighted by molar-refractivity contribution is -0.118. The maximum atomic E-state index is 12.7. The van der Waals surface area contributed by atoms with Gasteiger partial charge in [-0.2, -0.15) is 0 Å². The fraction of sp³-hybridized carbons (Fsp3) is 0.130. The number of hydrogen-bond donors (Lipinski definition) is 2. The van der Waals surface area contributed by atoms with Crippen LogP contribution in [0.4, 0.5) is 5.69 Å². The highest BCUT2D eigenvalue weighted by molar-refractivity contribution is 6.32. The van der Waals surface area contributed by atoms with E-state index in [0.29, 0.717) is 22.0 Å². The van der Waals surface area contributed by atoms with Gasteiger partial charge < -0.3 is 15.4 Å². The fourth-order valence-electron chi connectivity index (χ4n) is 2.78. The molecule has 2 amide bonds. The third-order valence-corrected chi connectivity index (χ3v) is 4.60. The van der Waals surface area contributed by atoms with E-state index in [4.69, 9.17) is 16.3 Å². The van der Waals surface area contributed by atoms with Crippen molar-refractivity contribution >= 4 is 29.1 Å². The van der Waals surface area contributed by atoms with Gasteiger partial charge in [-0.15, -0.1) is 0 Å². The summed E-state index contributed by atoms with van der Waals surface area (Å²) in [6.45, 7) is 1.69. The van der Waals surface area contributed by atoms with Crippen LogP contribution < -0.4 is 15.4 Å². The molecule has 3 aromatic rings. The van der Waals surface area contributed by atoms with Crippen LogP contribution in [0.15, 0.2) is 78.9 Å². The number of carbonyl (C=O) groups is 2. The summed E-state index contributed by atoms with van der Waals surface area (Å²) in [5.41, 5.74) is 1.79. The molecule has 29 heavy (non-hydrogen) atoms. The van der Waals surface area contributed by atoms with E-state index >= 15 is 0 Å². The molecule has 6 heteroatoms. The maximum Gasteiger partial charge on any atom is 0.262 e. The average Bonchev–Trinajstić information content (AvgIpc) is 2.74. The summed E-state index contributed by atoms with van der Waals surface area (Å²) in [7, 11) is 0. The Labute approximate surface area is 174 Å². The van der Waals surface area contributed by atoms with Crippen molar-refractivity contribution in [3.05, 3.63) is 95.0 Å². The number of halogens is 1. The molecule has 3 aromatic carbocycles. The van der Waals surface area contributed by atoms with Crippen LogP contribution >= 0.6 is 11.6 Å². The Bertz CT molecular complexity index is 992. The molecule has 1 atom stereocenters. The minimum absolute atomic E-state index is 0.170. The second kappa shape index (κ2) is 9.75. The van der Waals surface area contributed by atoms with E-state index < -0.39 is 0 Å². The molecule has 2 N–H and O–H groups in total. The summed E-state index contributed by atoms with van der Waals surface area (Å²) in [6, 6.07) is 23.3. The van der Waals surface area contributed by atoms with Crippen molar-refractivity contribution in [2.45, 2.75) is 13.0 Å². The van der Waals surface area contributed by atoms with Gasteiger partial charge in [0.1, 0.15) is 5.75 Å². The summed E-state index contributed by atoms with van der Waals surface area (Å²) in [5.74, 6) is -0.238. The van der Waals surface area contributed by atoms with Gasteiger partial charge in [0, 0.05) is 0 Å². The lowest BCUT2D eigenvalue weighted by atomic mass is 10.1. The van der Waals surface area contributed by atoms with Crippen LogP contribution in [-0.4, -0.2) is 18.4 Å². The molecule has 0 radical (unpaired) electrons. The SMILES string of the molecule is CC(NC(=O)c1ccccc1NC(=O)COc1ccccc1Cl)c1ccccc1. The van der Waals surface area contributed by atoms with Crippen LogP contribution in [0.25, 0.3) is 0 Å². The van der Waals surface area contributed by atoms with E-state index in [1.54, 1.807) is 48.5 Å². The van der Waals surface area contributed by atoms with Crippen LogP contribution in [0.2, 0.25) is 5.02 Å². The van der Waals surface area contributed by atoms with Crippen LogP contribution in [0, 0.1) is 0 Å². The zero-order valence-electron chi connectivity index (χ0n) is 15.9. The topological polar surface area (TPSA) is 67.4 Å². The smallest absolute Gasteiger partial charge is 0.262 e. The minimum atomic E-state index is -0.388. The van der Waals surface area contributed by atoms with Crippen LogP contribution in [0.5, 0.6) is 5.75 Å². The monoisotopic (exact) mass is 408 g/mol. The lowest BCUT2D eigenvalue weighted by Gasteiger charge is -2.16. The number of hydrogen-bond acceptors (Lipinski definition) is 3. The molecule has 148 valence electrons. The first-order valence-electron chi connectivity index (χ1n) is 9.16. The standard InChI is InChI=1S/C23H21ClN2O3/c1-16(17-9-3-2-4-10-17)25-23(28)18-11-5-7-13-20(18)26-22(27)15-29-21-14-8-6-12-19(21)24/h2-14,16H,15H2,1H3,(H,25,28)(H,26,27). The zero-order valence-corrected chi connectivity index (χ0v) is 16.6. The van der Waals surface area contributed by atoms with Gasteiger partial charge in [-0.1, -0.05) is 66.2 Å². The molecule has 0 bridgehead atoms. The van der Waals surface area contributed by atoms with Crippen molar-refractivity contribution in [2.24, 2.45) is 0 Å². The summed E-state index contributed by atoms with van der Waals surface area (Å²) in [4.78, 5) is 25.0. The first-order chi connectivity index (χ1) is 14.0. The fourth-order valence-corrected chi connectivity index (χ4v) is 2.97. The van der Waals surface area contributed by atoms with Gasteiger partial charge in [-0.05, 0) is 36.8 Å². The molecule has 0 aliphatic heterocycles. The number of ether oxygens (including phenoxy) is 1. The van der Waals surface area contributed by atoms with Gasteiger partial charge in [0.2, 0.25) is 0 Å². The van der Waals surface area contributed by atoms with Crippen molar-refractivity contribution in [2.75, 3.05) is 11.9 Å². The van der Waals surface area contributed by atoms with Crippen molar-refractivity contribution < 1.29 is 14.3 Å². The molecule has 0 spiro atoms. The molecule has 0 fully saturated rings. The van der Waals surface area contributed by atoms with E-state index in [1.807, 2.05) is 37.3 Å². The van der Waals surface area contributed by atoms with Gasteiger partial charge in [0.25, 0.3) is 11.8 Å². The first kappa shape index (κ1) is 20.4. The molecule has 3 rings (SSSR count). The highest BCUT2D eigenvalue weighted by Gasteiger charge is 2.16.